The standard InChI is InChI=1S/C26H30F4N2O7S2/c1-25(2,26(28,29)30)39-24(33)15-17-4-11-23-22(14-17)32(41(36,37)21-9-5-18(27)6-10-21)16-20(38-23)12-13-40(34,35)31(3)19-7-8-19/h4-6,9-11,14,19-20H,7-8,12-13,15-16H2,1-3H3/t20-/m0/s1. The predicted molar refractivity (Wildman–Crippen MR) is 141 cm³/mol. The molecule has 1 aliphatic heterocycles. The molecule has 1 fully saturated rings. The highest BCUT2D eigenvalue weighted by atomic mass is 32.2. The van der Waals surface area contributed by atoms with Crippen molar-refractivity contribution in [1.29, 1.82) is 0 Å². The first kappa shape index (κ1) is 31.0. The Labute approximate surface area is 236 Å². The van der Waals surface area contributed by atoms with Crippen LogP contribution in [0.5, 0.6) is 5.75 Å². The molecule has 2 aromatic rings. The minimum atomic E-state index is -4.80. The first-order valence-corrected chi connectivity index (χ1v) is 15.8. The fourth-order valence-corrected chi connectivity index (χ4v) is 7.23. The van der Waals surface area contributed by atoms with E-state index in [1.54, 1.807) is 0 Å². The Bertz CT molecular complexity index is 1510. The number of nitrogens with zero attached hydrogens (tertiary/aromatic N) is 2. The molecule has 0 N–H and O–H groups in total. The lowest BCUT2D eigenvalue weighted by atomic mass is 10.1. The highest BCUT2D eigenvalue weighted by Gasteiger charge is 2.50. The van der Waals surface area contributed by atoms with Gasteiger partial charge in [-0.1, -0.05) is 6.07 Å². The predicted octanol–water partition coefficient (Wildman–Crippen LogP) is 4.02. The lowest BCUT2D eigenvalue weighted by molar-refractivity contribution is -0.257. The Balaban J connectivity index is 1.62. The van der Waals surface area contributed by atoms with E-state index in [1.165, 1.54) is 29.6 Å². The number of fused-ring (bicyclic) bond motifs is 1. The highest BCUT2D eigenvalue weighted by molar-refractivity contribution is 7.92. The van der Waals surface area contributed by atoms with Crippen molar-refractivity contribution in [2.45, 2.75) is 68.3 Å². The summed E-state index contributed by atoms with van der Waals surface area (Å²) in [4.78, 5) is 12.1. The number of rotatable bonds is 10. The number of anilines is 1. The van der Waals surface area contributed by atoms with Crippen LogP contribution in [0.1, 0.15) is 38.7 Å². The third-order valence-electron chi connectivity index (χ3n) is 6.95. The molecule has 0 unspecified atom stereocenters. The van der Waals surface area contributed by atoms with Crippen LogP contribution in [0.4, 0.5) is 23.2 Å². The second-order valence-corrected chi connectivity index (χ2v) is 14.6. The largest absolute Gasteiger partial charge is 0.486 e. The van der Waals surface area contributed by atoms with Gasteiger partial charge in [-0.3, -0.25) is 9.10 Å². The Morgan fingerprint density at radius 3 is 2.29 bits per heavy atom. The van der Waals surface area contributed by atoms with Crippen LogP contribution < -0.4 is 9.04 Å². The lowest BCUT2D eigenvalue weighted by Gasteiger charge is -2.36. The van der Waals surface area contributed by atoms with E-state index >= 15 is 0 Å². The number of carbonyl (C=O) groups excluding carboxylic acids is 1. The summed E-state index contributed by atoms with van der Waals surface area (Å²) >= 11 is 0. The van der Waals surface area contributed by atoms with Crippen molar-refractivity contribution in [1.82, 2.24) is 4.31 Å². The minimum Gasteiger partial charge on any atom is -0.486 e. The van der Waals surface area contributed by atoms with Gasteiger partial charge < -0.3 is 9.47 Å². The molecule has 41 heavy (non-hydrogen) atoms. The summed E-state index contributed by atoms with van der Waals surface area (Å²) in [6.07, 6.45) is -4.75. The molecule has 1 atom stereocenters. The van der Waals surface area contributed by atoms with Crippen molar-refractivity contribution in [3.63, 3.8) is 0 Å². The summed E-state index contributed by atoms with van der Waals surface area (Å²) < 4.78 is 119. The van der Waals surface area contributed by atoms with E-state index in [2.05, 4.69) is 4.74 Å². The normalized spacial score (nSPS) is 18.1. The molecule has 0 radical (unpaired) electrons. The number of carbonyl (C=O) groups is 1. The van der Waals surface area contributed by atoms with Crippen molar-refractivity contribution in [2.24, 2.45) is 0 Å². The van der Waals surface area contributed by atoms with Crippen LogP contribution >= 0.6 is 0 Å². The fourth-order valence-electron chi connectivity index (χ4n) is 4.21. The third kappa shape index (κ3) is 6.95. The minimum absolute atomic E-state index is 0.0103. The van der Waals surface area contributed by atoms with Gasteiger partial charge in [0.1, 0.15) is 17.7 Å². The summed E-state index contributed by atoms with van der Waals surface area (Å²) in [6, 6.07) is 8.07. The van der Waals surface area contributed by atoms with Gasteiger partial charge in [-0.2, -0.15) is 13.2 Å². The number of hydrogen-bond donors (Lipinski definition) is 0. The lowest BCUT2D eigenvalue weighted by Crippen LogP contribution is -2.45. The Morgan fingerprint density at radius 2 is 1.71 bits per heavy atom. The molecule has 1 saturated carbocycles. The quantitative estimate of drug-likeness (QED) is 0.291. The average molecular weight is 623 g/mol. The van der Waals surface area contributed by atoms with Crippen LogP contribution in [0.2, 0.25) is 0 Å². The highest BCUT2D eigenvalue weighted by Crippen LogP contribution is 2.39. The molecular formula is C26H30F4N2O7S2. The Kier molecular flexibility index (Phi) is 8.37. The van der Waals surface area contributed by atoms with Crippen molar-refractivity contribution in [3.05, 3.63) is 53.8 Å². The van der Waals surface area contributed by atoms with Crippen LogP contribution in [0.25, 0.3) is 0 Å². The smallest absolute Gasteiger partial charge is 0.427 e. The van der Waals surface area contributed by atoms with Gasteiger partial charge in [0.05, 0.1) is 29.3 Å². The Morgan fingerprint density at radius 1 is 1.07 bits per heavy atom. The van der Waals surface area contributed by atoms with Gasteiger partial charge >= 0.3 is 12.1 Å². The second kappa shape index (κ2) is 11.1. The summed E-state index contributed by atoms with van der Waals surface area (Å²) in [6.45, 7) is 1.13. The van der Waals surface area contributed by atoms with Crippen LogP contribution in [0.3, 0.4) is 0 Å². The van der Waals surface area contributed by atoms with Crippen LogP contribution in [0, 0.1) is 5.82 Å². The number of sulfonamides is 2. The number of halogens is 4. The van der Waals surface area contributed by atoms with E-state index in [0.717, 1.165) is 41.4 Å². The van der Waals surface area contributed by atoms with Gasteiger partial charge in [-0.15, -0.1) is 0 Å². The van der Waals surface area contributed by atoms with Gasteiger partial charge in [0.2, 0.25) is 15.6 Å². The summed E-state index contributed by atoms with van der Waals surface area (Å²) in [5.74, 6) is -2.06. The van der Waals surface area contributed by atoms with Crippen LogP contribution in [-0.4, -0.2) is 70.4 Å². The van der Waals surface area contributed by atoms with Crippen LogP contribution in [0.15, 0.2) is 47.4 Å². The number of benzene rings is 2. The molecule has 1 aliphatic carbocycles. The van der Waals surface area contributed by atoms with E-state index in [4.69, 9.17) is 4.74 Å². The average Bonchev–Trinajstić information content (AvgIpc) is 3.71. The topological polar surface area (TPSA) is 110 Å². The maximum absolute atomic E-state index is 13.7. The summed E-state index contributed by atoms with van der Waals surface area (Å²) in [5, 5.41) is 0. The molecule has 15 heteroatoms. The third-order valence-corrected chi connectivity index (χ3v) is 10.7. The van der Waals surface area contributed by atoms with Gasteiger partial charge in [0, 0.05) is 19.5 Å². The van der Waals surface area contributed by atoms with Crippen LogP contribution in [-0.2, 0) is 36.0 Å². The molecule has 226 valence electrons. The zero-order valence-corrected chi connectivity index (χ0v) is 24.2. The van der Waals surface area contributed by atoms with E-state index in [-0.39, 0.29) is 46.7 Å². The van der Waals surface area contributed by atoms with Gasteiger partial charge in [-0.05, 0) is 68.7 Å². The molecule has 2 aliphatic rings. The molecule has 0 amide bonds. The molecular weight excluding hydrogens is 592 g/mol. The first-order chi connectivity index (χ1) is 18.9. The summed E-state index contributed by atoms with van der Waals surface area (Å²) in [7, 11) is -6.45. The van der Waals surface area contributed by atoms with Gasteiger partial charge in [-0.25, -0.2) is 25.5 Å². The van der Waals surface area contributed by atoms with Crippen molar-refractivity contribution in [3.8, 4) is 5.75 Å². The summed E-state index contributed by atoms with van der Waals surface area (Å²) in [5.41, 5.74) is -2.59. The molecule has 2 aromatic carbocycles. The van der Waals surface area contributed by atoms with E-state index < -0.39 is 56.1 Å². The number of hydrogen-bond acceptors (Lipinski definition) is 7. The Hall–Kier alpha value is -2.91. The maximum atomic E-state index is 13.7. The molecule has 0 saturated heterocycles. The molecule has 4 rings (SSSR count). The molecule has 0 bridgehead atoms. The SMILES string of the molecule is CN(C1CC1)S(=O)(=O)CC[C@H]1CN(S(=O)(=O)c2ccc(F)cc2)c2cc(CC(=O)OC(C)(C)C(F)(F)F)ccc2O1. The van der Waals surface area contributed by atoms with Crippen molar-refractivity contribution >= 4 is 31.7 Å². The molecule has 0 spiro atoms. The number of alkyl halides is 3. The number of esters is 1. The maximum Gasteiger partial charge on any atom is 0.427 e. The fraction of sp³-hybridized carbons (Fsp3) is 0.500. The monoisotopic (exact) mass is 622 g/mol. The zero-order valence-electron chi connectivity index (χ0n) is 22.5. The van der Waals surface area contributed by atoms with E-state index in [0.29, 0.717) is 13.8 Å². The van der Waals surface area contributed by atoms with Gasteiger partial charge in [0.25, 0.3) is 10.0 Å². The number of ether oxygens (including phenoxy) is 2. The molecule has 0 aromatic heterocycles. The first-order valence-electron chi connectivity index (χ1n) is 12.7. The van der Waals surface area contributed by atoms with Gasteiger partial charge in [0.15, 0.2) is 0 Å². The van der Waals surface area contributed by atoms with E-state index in [9.17, 15) is 39.2 Å². The molecule has 1 heterocycles. The van der Waals surface area contributed by atoms with E-state index in [1.807, 2.05) is 0 Å². The van der Waals surface area contributed by atoms with Crippen molar-refractivity contribution in [2.75, 3.05) is 23.7 Å². The zero-order chi connectivity index (χ0) is 30.4. The van der Waals surface area contributed by atoms with Crippen molar-refractivity contribution < 1.29 is 48.7 Å². The second-order valence-electron chi connectivity index (χ2n) is 10.5. The molecule has 9 nitrogen and oxygen atoms in total.